The van der Waals surface area contributed by atoms with Crippen molar-refractivity contribution in [2.45, 2.75) is 24.8 Å². The fraction of sp³-hybridized carbons (Fsp3) is 0.333. The van der Waals surface area contributed by atoms with Crippen LogP contribution in [0, 0.1) is 6.92 Å². The second kappa shape index (κ2) is 7.73. The number of fused-ring (bicyclic) bond motifs is 1. The Morgan fingerprint density at radius 3 is 2.53 bits per heavy atom. The first-order valence-corrected chi connectivity index (χ1v) is 11.2. The number of hydrogen-bond donors (Lipinski definition) is 1. The second-order valence-corrected chi connectivity index (χ2v) is 9.41. The number of carbonyl (C=O) groups is 2. The monoisotopic (exact) mass is 429 g/mol. The maximum atomic E-state index is 13.1. The average Bonchev–Trinajstić information content (AvgIpc) is 2.74. The van der Waals surface area contributed by atoms with Crippen molar-refractivity contribution in [3.63, 3.8) is 0 Å². The standard InChI is InChI=1S/C21H23N3O5S/c1-14-4-3-5-16(12-14)21(26)23-8-10-24(11-9-23)30(27,28)17-6-7-19-18(13-17)22-20(25)15(2)29-19/h3-7,12-13,15H,8-11H2,1-2H3,(H,22,25). The van der Waals surface area contributed by atoms with E-state index in [1.54, 1.807) is 24.0 Å². The van der Waals surface area contributed by atoms with Gasteiger partial charge in [-0.25, -0.2) is 8.42 Å². The maximum absolute atomic E-state index is 13.1. The number of aryl methyl sites for hydroxylation is 1. The number of hydrogen-bond acceptors (Lipinski definition) is 5. The molecule has 8 nitrogen and oxygen atoms in total. The van der Waals surface area contributed by atoms with Crippen molar-refractivity contribution in [1.82, 2.24) is 9.21 Å². The van der Waals surface area contributed by atoms with Gasteiger partial charge in [-0.1, -0.05) is 17.7 Å². The van der Waals surface area contributed by atoms with Crippen molar-refractivity contribution in [3.05, 3.63) is 53.6 Å². The van der Waals surface area contributed by atoms with Crippen molar-refractivity contribution in [3.8, 4) is 5.75 Å². The van der Waals surface area contributed by atoms with Crippen LogP contribution in [-0.2, 0) is 14.8 Å². The van der Waals surface area contributed by atoms with Crippen molar-refractivity contribution in [1.29, 1.82) is 0 Å². The van der Waals surface area contributed by atoms with Gasteiger partial charge in [0.2, 0.25) is 10.0 Å². The lowest BCUT2D eigenvalue weighted by Gasteiger charge is -2.34. The van der Waals surface area contributed by atoms with Gasteiger partial charge in [0.1, 0.15) is 5.75 Å². The van der Waals surface area contributed by atoms with Crippen LogP contribution in [0.5, 0.6) is 5.75 Å². The summed E-state index contributed by atoms with van der Waals surface area (Å²) in [6, 6.07) is 11.8. The van der Waals surface area contributed by atoms with E-state index in [1.807, 2.05) is 25.1 Å². The number of carbonyl (C=O) groups excluding carboxylic acids is 2. The normalized spacial score (nSPS) is 19.6. The smallest absolute Gasteiger partial charge is 0.265 e. The molecule has 1 saturated heterocycles. The number of amides is 2. The molecule has 1 atom stereocenters. The van der Waals surface area contributed by atoms with E-state index in [4.69, 9.17) is 4.74 Å². The highest BCUT2D eigenvalue weighted by molar-refractivity contribution is 7.89. The molecule has 0 radical (unpaired) electrons. The molecule has 2 aliphatic heterocycles. The molecule has 0 aromatic heterocycles. The summed E-state index contributed by atoms with van der Waals surface area (Å²) in [7, 11) is -3.76. The van der Waals surface area contributed by atoms with Crippen molar-refractivity contribution in [2.24, 2.45) is 0 Å². The van der Waals surface area contributed by atoms with Gasteiger partial charge in [-0.2, -0.15) is 4.31 Å². The van der Waals surface area contributed by atoms with Gasteiger partial charge in [0.25, 0.3) is 11.8 Å². The van der Waals surface area contributed by atoms with Gasteiger partial charge in [0.15, 0.2) is 6.10 Å². The minimum atomic E-state index is -3.76. The fourth-order valence-electron chi connectivity index (χ4n) is 3.59. The van der Waals surface area contributed by atoms with Crippen LogP contribution in [0.15, 0.2) is 47.4 Å². The molecule has 4 rings (SSSR count). The lowest BCUT2D eigenvalue weighted by Crippen LogP contribution is -2.50. The quantitative estimate of drug-likeness (QED) is 0.804. The number of ether oxygens (including phenoxy) is 1. The minimum absolute atomic E-state index is 0.0816. The molecule has 1 fully saturated rings. The fourth-order valence-corrected chi connectivity index (χ4v) is 5.04. The van der Waals surface area contributed by atoms with Crippen LogP contribution in [-0.4, -0.2) is 61.7 Å². The first-order valence-electron chi connectivity index (χ1n) is 9.73. The lowest BCUT2D eigenvalue weighted by atomic mass is 10.1. The molecule has 1 N–H and O–H groups in total. The summed E-state index contributed by atoms with van der Waals surface area (Å²) < 4.78 is 33.0. The number of sulfonamides is 1. The molecular weight excluding hydrogens is 406 g/mol. The van der Waals surface area contributed by atoms with E-state index >= 15 is 0 Å². The van der Waals surface area contributed by atoms with E-state index in [1.165, 1.54) is 16.4 Å². The molecule has 2 heterocycles. The average molecular weight is 429 g/mol. The molecule has 1 unspecified atom stereocenters. The highest BCUT2D eigenvalue weighted by Gasteiger charge is 2.32. The maximum Gasteiger partial charge on any atom is 0.265 e. The number of nitrogens with one attached hydrogen (secondary N) is 1. The lowest BCUT2D eigenvalue weighted by molar-refractivity contribution is -0.122. The van der Waals surface area contributed by atoms with Crippen LogP contribution in [0.3, 0.4) is 0 Å². The van der Waals surface area contributed by atoms with E-state index in [0.717, 1.165) is 5.56 Å². The number of rotatable bonds is 3. The predicted molar refractivity (Wildman–Crippen MR) is 111 cm³/mol. The van der Waals surface area contributed by atoms with Gasteiger partial charge in [-0.15, -0.1) is 0 Å². The zero-order valence-corrected chi connectivity index (χ0v) is 17.6. The molecule has 2 aromatic rings. The molecule has 2 aromatic carbocycles. The van der Waals surface area contributed by atoms with E-state index in [-0.39, 0.29) is 29.8 Å². The molecule has 0 spiro atoms. The molecule has 9 heteroatoms. The summed E-state index contributed by atoms with van der Waals surface area (Å²) in [6.45, 7) is 4.59. The molecule has 0 saturated carbocycles. The zero-order valence-electron chi connectivity index (χ0n) is 16.8. The Balaban J connectivity index is 1.47. The summed E-state index contributed by atoms with van der Waals surface area (Å²) in [5.74, 6) is 0.0217. The van der Waals surface area contributed by atoms with Gasteiger partial charge in [0, 0.05) is 31.7 Å². The summed E-state index contributed by atoms with van der Waals surface area (Å²) in [6.07, 6.45) is -0.626. The second-order valence-electron chi connectivity index (χ2n) is 7.47. The predicted octanol–water partition coefficient (Wildman–Crippen LogP) is 1.86. The minimum Gasteiger partial charge on any atom is -0.479 e. The highest BCUT2D eigenvalue weighted by atomic mass is 32.2. The van der Waals surface area contributed by atoms with Gasteiger partial charge in [0.05, 0.1) is 10.6 Å². The Labute approximate surface area is 175 Å². The van der Waals surface area contributed by atoms with E-state index in [9.17, 15) is 18.0 Å². The van der Waals surface area contributed by atoms with Crippen LogP contribution in [0.1, 0.15) is 22.8 Å². The van der Waals surface area contributed by atoms with Crippen molar-refractivity contribution >= 4 is 27.5 Å². The zero-order chi connectivity index (χ0) is 21.5. The van der Waals surface area contributed by atoms with Crippen molar-refractivity contribution in [2.75, 3.05) is 31.5 Å². The van der Waals surface area contributed by atoms with Gasteiger partial charge in [-0.05, 0) is 44.2 Å². The molecule has 2 amide bonds. The number of benzene rings is 2. The van der Waals surface area contributed by atoms with E-state index < -0.39 is 16.1 Å². The molecule has 30 heavy (non-hydrogen) atoms. The van der Waals surface area contributed by atoms with Crippen LogP contribution in [0.2, 0.25) is 0 Å². The van der Waals surface area contributed by atoms with E-state index in [0.29, 0.717) is 30.1 Å². The van der Waals surface area contributed by atoms with E-state index in [2.05, 4.69) is 5.32 Å². The molecule has 0 bridgehead atoms. The third kappa shape index (κ3) is 3.78. The first-order chi connectivity index (χ1) is 14.3. The van der Waals surface area contributed by atoms with Gasteiger partial charge < -0.3 is 15.0 Å². The van der Waals surface area contributed by atoms with Crippen LogP contribution in [0.4, 0.5) is 5.69 Å². The largest absolute Gasteiger partial charge is 0.479 e. The SMILES string of the molecule is Cc1cccc(C(=O)N2CCN(S(=O)(=O)c3ccc4c(c3)NC(=O)C(C)O4)CC2)c1. The number of anilines is 1. The molecular formula is C21H23N3O5S. The third-order valence-corrected chi connectivity index (χ3v) is 7.21. The summed E-state index contributed by atoms with van der Waals surface area (Å²) >= 11 is 0. The summed E-state index contributed by atoms with van der Waals surface area (Å²) in [5.41, 5.74) is 1.94. The van der Waals surface area contributed by atoms with Crippen molar-refractivity contribution < 1.29 is 22.7 Å². The topological polar surface area (TPSA) is 96.0 Å². The molecule has 2 aliphatic rings. The van der Waals surface area contributed by atoms with Crippen LogP contribution in [0.25, 0.3) is 0 Å². The van der Waals surface area contributed by atoms with Gasteiger partial charge in [-0.3, -0.25) is 9.59 Å². The van der Waals surface area contributed by atoms with Gasteiger partial charge >= 0.3 is 0 Å². The highest BCUT2D eigenvalue weighted by Crippen LogP contribution is 2.33. The summed E-state index contributed by atoms with van der Waals surface area (Å²) in [5, 5.41) is 2.67. The molecule has 158 valence electrons. The first kappa shape index (κ1) is 20.4. The number of nitrogens with zero attached hydrogens (tertiary/aromatic N) is 2. The number of piperazine rings is 1. The summed E-state index contributed by atoms with van der Waals surface area (Å²) in [4.78, 5) is 26.3. The Kier molecular flexibility index (Phi) is 5.25. The Morgan fingerprint density at radius 2 is 1.83 bits per heavy atom. The Bertz CT molecular complexity index is 1110. The van der Waals surface area contributed by atoms with Crippen LogP contribution >= 0.6 is 0 Å². The van der Waals surface area contributed by atoms with Crippen LogP contribution < -0.4 is 10.1 Å². The molecule has 0 aliphatic carbocycles. The Morgan fingerprint density at radius 1 is 1.10 bits per heavy atom. The Hall–Kier alpha value is -2.91. The third-order valence-electron chi connectivity index (χ3n) is 5.31.